The number of carbonyl (C=O) groups excluding carboxylic acids is 2. The molecule has 0 unspecified atom stereocenters. The smallest absolute Gasteiger partial charge is 0.464 e. The molecule has 0 rings (SSSR count). The van der Waals surface area contributed by atoms with Gasteiger partial charge < -0.3 is 14.4 Å². The van der Waals surface area contributed by atoms with E-state index in [9.17, 15) is 19.0 Å². The van der Waals surface area contributed by atoms with Crippen LogP contribution in [0.3, 0.4) is 0 Å². The van der Waals surface area contributed by atoms with Crippen molar-refractivity contribution in [2.45, 2.75) is 41.5 Å². The molecular formula is C18H35O8PS4. The fraction of sp³-hybridized carbons (Fsp3) is 0.889. The lowest BCUT2D eigenvalue weighted by atomic mass is 9.97. The highest BCUT2D eigenvalue weighted by molar-refractivity contribution is 8.77. The van der Waals surface area contributed by atoms with Crippen molar-refractivity contribution in [1.82, 2.24) is 0 Å². The second kappa shape index (κ2) is 16.1. The summed E-state index contributed by atoms with van der Waals surface area (Å²) in [6, 6.07) is 0. The highest BCUT2D eigenvalue weighted by Crippen LogP contribution is 2.43. The second-order valence-corrected chi connectivity index (χ2v) is 15.1. The molecule has 0 aromatic carbocycles. The van der Waals surface area contributed by atoms with E-state index in [1.54, 1.807) is 41.5 Å². The Morgan fingerprint density at radius 1 is 0.677 bits per heavy atom. The molecule has 184 valence electrons. The minimum absolute atomic E-state index is 0.0776. The molecule has 13 heteroatoms. The van der Waals surface area contributed by atoms with Gasteiger partial charge in [-0.3, -0.25) is 18.6 Å². The largest absolute Gasteiger partial charge is 0.472 e. The van der Waals surface area contributed by atoms with Gasteiger partial charge in [0.15, 0.2) is 0 Å². The SMILES string of the molecule is CC(C)(C)C(=O)OCCSSCCOP(=O)(O)OCCSSCCOC(=O)C(C)(C)C. The fourth-order valence-corrected chi connectivity index (χ4v) is 5.69. The van der Waals surface area contributed by atoms with Crippen LogP contribution in [0.4, 0.5) is 0 Å². The minimum atomic E-state index is -4.06. The predicted molar refractivity (Wildman–Crippen MR) is 132 cm³/mol. The van der Waals surface area contributed by atoms with Crippen molar-refractivity contribution in [2.75, 3.05) is 49.4 Å². The molecule has 0 aromatic heterocycles. The van der Waals surface area contributed by atoms with Crippen molar-refractivity contribution in [3.8, 4) is 0 Å². The van der Waals surface area contributed by atoms with Crippen LogP contribution in [-0.4, -0.2) is 66.3 Å². The molecular weight excluding hydrogens is 503 g/mol. The third-order valence-electron chi connectivity index (χ3n) is 3.03. The fourth-order valence-electron chi connectivity index (χ4n) is 1.42. The van der Waals surface area contributed by atoms with Crippen LogP contribution >= 0.6 is 51.0 Å². The van der Waals surface area contributed by atoms with E-state index in [4.69, 9.17) is 18.5 Å². The topological polar surface area (TPSA) is 108 Å². The van der Waals surface area contributed by atoms with Crippen molar-refractivity contribution in [3.05, 3.63) is 0 Å². The summed E-state index contributed by atoms with van der Waals surface area (Å²) in [5.41, 5.74) is -1.02. The van der Waals surface area contributed by atoms with Gasteiger partial charge in [0.2, 0.25) is 0 Å². The summed E-state index contributed by atoms with van der Waals surface area (Å²) in [7, 11) is 1.87. The molecule has 0 saturated carbocycles. The van der Waals surface area contributed by atoms with Crippen LogP contribution in [0.15, 0.2) is 0 Å². The summed E-state index contributed by atoms with van der Waals surface area (Å²) in [5, 5.41) is 0. The van der Waals surface area contributed by atoms with Crippen LogP contribution in [0.1, 0.15) is 41.5 Å². The Labute approximate surface area is 201 Å². The van der Waals surface area contributed by atoms with E-state index in [1.807, 2.05) is 0 Å². The van der Waals surface area contributed by atoms with E-state index in [0.717, 1.165) is 0 Å². The van der Waals surface area contributed by atoms with E-state index in [2.05, 4.69) is 0 Å². The molecule has 1 N–H and O–H groups in total. The molecule has 0 atom stereocenters. The first kappa shape index (κ1) is 31.4. The van der Waals surface area contributed by atoms with Crippen molar-refractivity contribution in [2.24, 2.45) is 10.8 Å². The van der Waals surface area contributed by atoms with Gasteiger partial charge in [-0.25, -0.2) is 4.57 Å². The third kappa shape index (κ3) is 18.6. The van der Waals surface area contributed by atoms with Crippen molar-refractivity contribution < 1.29 is 37.6 Å². The number of hydrogen-bond acceptors (Lipinski definition) is 11. The minimum Gasteiger partial charge on any atom is -0.464 e. The van der Waals surface area contributed by atoms with Gasteiger partial charge in [0, 0.05) is 23.0 Å². The zero-order valence-corrected chi connectivity index (χ0v) is 23.2. The summed E-state index contributed by atoms with van der Waals surface area (Å²) in [6.45, 7) is 11.6. The van der Waals surface area contributed by atoms with E-state index < -0.39 is 18.7 Å². The van der Waals surface area contributed by atoms with Crippen LogP contribution in [0, 0.1) is 10.8 Å². The standard InChI is InChI=1S/C18H35O8PS4/c1-17(2,3)15(19)23-7-11-28-30-13-9-25-27(21,22)26-10-14-31-29-12-8-24-16(20)18(4,5)6/h7-14H2,1-6H3,(H,21,22). The molecule has 0 aromatic rings. The zero-order chi connectivity index (χ0) is 24.0. The zero-order valence-electron chi connectivity index (χ0n) is 19.0. The van der Waals surface area contributed by atoms with Crippen molar-refractivity contribution >= 4 is 62.9 Å². The molecule has 0 aliphatic rings. The predicted octanol–water partition coefficient (Wildman–Crippen LogP) is 5.06. The molecule has 0 spiro atoms. The molecule has 0 radical (unpaired) electrons. The summed E-state index contributed by atoms with van der Waals surface area (Å²) >= 11 is 0. The van der Waals surface area contributed by atoms with Gasteiger partial charge in [-0.05, 0) is 41.5 Å². The molecule has 0 saturated heterocycles. The Balaban J connectivity index is 3.58. The Bertz CT molecular complexity index is 532. The number of ether oxygens (including phenoxy) is 2. The Hall–Kier alpha value is 0.450. The second-order valence-electron chi connectivity index (χ2n) is 8.19. The first-order valence-corrected chi connectivity index (χ1v) is 16.2. The number of phosphoric acid groups is 1. The van der Waals surface area contributed by atoms with Crippen molar-refractivity contribution in [3.63, 3.8) is 0 Å². The molecule has 0 heterocycles. The van der Waals surface area contributed by atoms with E-state index in [-0.39, 0.29) is 25.2 Å². The Morgan fingerprint density at radius 3 is 1.26 bits per heavy atom. The molecule has 0 bridgehead atoms. The van der Waals surface area contributed by atoms with Gasteiger partial charge in [-0.15, -0.1) is 0 Å². The van der Waals surface area contributed by atoms with Crippen LogP contribution in [0.2, 0.25) is 0 Å². The van der Waals surface area contributed by atoms with Crippen LogP contribution in [0.25, 0.3) is 0 Å². The molecule has 0 aliphatic carbocycles. The maximum absolute atomic E-state index is 11.8. The monoisotopic (exact) mass is 538 g/mol. The van der Waals surface area contributed by atoms with Crippen LogP contribution in [0.5, 0.6) is 0 Å². The first-order valence-electron chi connectivity index (χ1n) is 9.71. The van der Waals surface area contributed by atoms with E-state index in [1.165, 1.54) is 43.2 Å². The number of rotatable bonds is 16. The normalized spacial score (nSPS) is 12.6. The lowest BCUT2D eigenvalue weighted by molar-refractivity contribution is -0.152. The number of carbonyl (C=O) groups is 2. The summed E-state index contributed by atoms with van der Waals surface area (Å²) in [5.74, 6) is 1.79. The Kier molecular flexibility index (Phi) is 16.4. The summed E-state index contributed by atoms with van der Waals surface area (Å²) in [4.78, 5) is 32.8. The maximum atomic E-state index is 11.8. The number of esters is 2. The molecule has 0 fully saturated rings. The third-order valence-corrected chi connectivity index (χ3v) is 8.72. The molecule has 8 nitrogen and oxygen atoms in total. The quantitative estimate of drug-likeness (QED) is 0.123. The van der Waals surface area contributed by atoms with E-state index in [0.29, 0.717) is 36.2 Å². The van der Waals surface area contributed by atoms with Crippen LogP contribution in [-0.2, 0) is 32.7 Å². The average Bonchev–Trinajstić information content (AvgIpc) is 2.63. The van der Waals surface area contributed by atoms with E-state index >= 15 is 0 Å². The number of phosphoric ester groups is 1. The number of hydrogen-bond donors (Lipinski definition) is 1. The highest BCUT2D eigenvalue weighted by atomic mass is 33.1. The van der Waals surface area contributed by atoms with Gasteiger partial charge in [-0.2, -0.15) is 0 Å². The highest BCUT2D eigenvalue weighted by Gasteiger charge is 2.23. The lowest BCUT2D eigenvalue weighted by Gasteiger charge is -2.16. The molecule has 0 aliphatic heterocycles. The van der Waals surface area contributed by atoms with Crippen molar-refractivity contribution in [1.29, 1.82) is 0 Å². The molecule has 0 amide bonds. The van der Waals surface area contributed by atoms with Gasteiger partial charge in [-0.1, -0.05) is 43.2 Å². The average molecular weight is 539 g/mol. The lowest BCUT2D eigenvalue weighted by Crippen LogP contribution is -2.23. The molecule has 31 heavy (non-hydrogen) atoms. The van der Waals surface area contributed by atoms with Gasteiger partial charge in [0.1, 0.15) is 13.2 Å². The van der Waals surface area contributed by atoms with Gasteiger partial charge in [0.25, 0.3) is 0 Å². The summed E-state index contributed by atoms with van der Waals surface area (Å²) in [6.07, 6.45) is 0. The van der Waals surface area contributed by atoms with Crippen LogP contribution < -0.4 is 0 Å². The Morgan fingerprint density at radius 2 is 0.968 bits per heavy atom. The maximum Gasteiger partial charge on any atom is 0.472 e. The van der Waals surface area contributed by atoms with Gasteiger partial charge >= 0.3 is 19.8 Å². The van der Waals surface area contributed by atoms with Gasteiger partial charge in [0.05, 0.1) is 24.0 Å². The summed E-state index contributed by atoms with van der Waals surface area (Å²) < 4.78 is 31.9. The first-order chi connectivity index (χ1) is 14.3.